The number of ether oxygens (including phenoxy) is 1. The molecule has 0 amide bonds. The molecular weight excluding hydrogens is 292 g/mol. The number of rotatable bonds is 4. The van der Waals surface area contributed by atoms with Crippen molar-refractivity contribution in [1.29, 1.82) is 0 Å². The highest BCUT2D eigenvalue weighted by atomic mass is 16.5. The van der Waals surface area contributed by atoms with Crippen molar-refractivity contribution in [2.45, 2.75) is 18.9 Å². The predicted molar refractivity (Wildman–Crippen MR) is 85.9 cm³/mol. The van der Waals surface area contributed by atoms with E-state index in [0.29, 0.717) is 18.4 Å². The van der Waals surface area contributed by atoms with E-state index in [9.17, 15) is 9.59 Å². The van der Waals surface area contributed by atoms with Crippen molar-refractivity contribution in [2.75, 3.05) is 6.61 Å². The minimum absolute atomic E-state index is 0.179. The van der Waals surface area contributed by atoms with E-state index in [2.05, 4.69) is 0 Å². The van der Waals surface area contributed by atoms with Crippen LogP contribution in [0.25, 0.3) is 11.1 Å². The molecule has 23 heavy (non-hydrogen) atoms. The summed E-state index contributed by atoms with van der Waals surface area (Å²) in [7, 11) is 0. The molecule has 4 heteroatoms. The Hall–Kier alpha value is -2.46. The molecule has 4 nitrogen and oxygen atoms in total. The van der Waals surface area contributed by atoms with Crippen LogP contribution in [0.1, 0.15) is 23.2 Å². The summed E-state index contributed by atoms with van der Waals surface area (Å²) >= 11 is 0. The molecule has 118 valence electrons. The van der Waals surface area contributed by atoms with Crippen LogP contribution >= 0.6 is 0 Å². The second-order valence-electron chi connectivity index (χ2n) is 5.70. The quantitative estimate of drug-likeness (QED) is 0.882. The molecule has 2 aromatic carbocycles. The van der Waals surface area contributed by atoms with Gasteiger partial charge in [-0.3, -0.25) is 4.79 Å². The van der Waals surface area contributed by atoms with Gasteiger partial charge in [0.25, 0.3) is 0 Å². The molecule has 1 unspecified atom stereocenters. The number of ketones is 1. The molecule has 0 aromatic heterocycles. The number of hydrogen-bond donors (Lipinski definition) is 1. The number of esters is 1. The van der Waals surface area contributed by atoms with E-state index in [0.717, 1.165) is 11.1 Å². The Kier molecular flexibility index (Phi) is 4.53. The van der Waals surface area contributed by atoms with Crippen LogP contribution in [0.2, 0.25) is 0 Å². The van der Waals surface area contributed by atoms with E-state index in [1.165, 1.54) is 0 Å². The van der Waals surface area contributed by atoms with Gasteiger partial charge in [-0.25, -0.2) is 4.79 Å². The topological polar surface area (TPSA) is 63.6 Å². The molecule has 1 aliphatic carbocycles. The van der Waals surface area contributed by atoms with Crippen LogP contribution < -0.4 is 0 Å². The molecule has 0 spiro atoms. The Morgan fingerprint density at radius 2 is 1.65 bits per heavy atom. The van der Waals surface area contributed by atoms with Gasteiger partial charge < -0.3 is 9.84 Å². The van der Waals surface area contributed by atoms with Gasteiger partial charge in [-0.2, -0.15) is 0 Å². The molecule has 0 aliphatic heterocycles. The molecule has 1 aliphatic rings. The van der Waals surface area contributed by atoms with Crippen LogP contribution in [0.15, 0.2) is 54.6 Å². The molecule has 1 saturated carbocycles. The van der Waals surface area contributed by atoms with Gasteiger partial charge >= 0.3 is 5.97 Å². The van der Waals surface area contributed by atoms with Gasteiger partial charge in [0, 0.05) is 5.92 Å². The third kappa shape index (κ3) is 3.32. The first-order valence-corrected chi connectivity index (χ1v) is 7.70. The summed E-state index contributed by atoms with van der Waals surface area (Å²) < 4.78 is 5.29. The van der Waals surface area contributed by atoms with Gasteiger partial charge in [0.1, 0.15) is 0 Å². The zero-order valence-electron chi connectivity index (χ0n) is 12.6. The normalized spacial score (nSPS) is 20.5. The Balaban J connectivity index is 1.68. The highest BCUT2D eigenvalue weighted by molar-refractivity contribution is 5.94. The molecule has 1 fully saturated rings. The zero-order valence-corrected chi connectivity index (χ0v) is 12.6. The summed E-state index contributed by atoms with van der Waals surface area (Å²) in [5, 5.41) is 9.08. The fourth-order valence-corrected chi connectivity index (χ4v) is 2.82. The van der Waals surface area contributed by atoms with Crippen molar-refractivity contribution in [2.24, 2.45) is 5.92 Å². The van der Waals surface area contributed by atoms with Crippen LogP contribution in [-0.4, -0.2) is 29.6 Å². The third-order valence-corrected chi connectivity index (χ3v) is 4.19. The molecule has 2 atom stereocenters. The van der Waals surface area contributed by atoms with Crippen molar-refractivity contribution >= 4 is 11.8 Å². The lowest BCUT2D eigenvalue weighted by atomic mass is 10.0. The first-order chi connectivity index (χ1) is 11.2. The summed E-state index contributed by atoms with van der Waals surface area (Å²) in [6.45, 7) is -0.182. The van der Waals surface area contributed by atoms with Crippen molar-refractivity contribution in [3.05, 3.63) is 60.2 Å². The molecule has 0 saturated heterocycles. The van der Waals surface area contributed by atoms with Crippen molar-refractivity contribution in [3.8, 4) is 11.1 Å². The molecule has 0 heterocycles. The summed E-state index contributed by atoms with van der Waals surface area (Å²) in [6.07, 6.45) is 0.325. The molecule has 2 aromatic rings. The van der Waals surface area contributed by atoms with E-state index in [1.54, 1.807) is 12.1 Å². The molecule has 1 N–H and O–H groups in total. The van der Waals surface area contributed by atoms with Crippen LogP contribution in [-0.2, 0) is 9.53 Å². The second-order valence-corrected chi connectivity index (χ2v) is 5.70. The number of aliphatic hydroxyl groups excluding tert-OH is 1. The maximum absolute atomic E-state index is 12.2. The van der Waals surface area contributed by atoms with Gasteiger partial charge in [-0.05, 0) is 36.1 Å². The summed E-state index contributed by atoms with van der Waals surface area (Å²) in [6, 6.07) is 17.0. The first kappa shape index (κ1) is 15.4. The lowest BCUT2D eigenvalue weighted by molar-refractivity contribution is -0.128. The standard InChI is InChI=1S/C19H18O4/c20-12-16-10-11-17(18(16)21)23-19(22)15-8-6-14(7-9-15)13-4-2-1-3-5-13/h1-9,16-17,20H,10-12H2/t16?,17-/m1/s1. The number of aliphatic hydroxyl groups is 1. The van der Waals surface area contributed by atoms with Crippen molar-refractivity contribution < 1.29 is 19.4 Å². The summed E-state index contributed by atoms with van der Waals surface area (Å²) in [4.78, 5) is 24.1. The summed E-state index contributed by atoms with van der Waals surface area (Å²) in [5.41, 5.74) is 2.51. The lowest BCUT2D eigenvalue weighted by Gasteiger charge is -2.11. The fraction of sp³-hybridized carbons (Fsp3) is 0.263. The highest BCUT2D eigenvalue weighted by Gasteiger charge is 2.36. The monoisotopic (exact) mass is 310 g/mol. The SMILES string of the molecule is O=C(O[C@@H]1CCC(CO)C1=O)c1ccc(-c2ccccc2)cc1. The van der Waals surface area contributed by atoms with Crippen LogP contribution in [0.5, 0.6) is 0 Å². The van der Waals surface area contributed by atoms with Gasteiger partial charge in [-0.15, -0.1) is 0 Å². The number of carbonyl (C=O) groups is 2. The second kappa shape index (κ2) is 6.75. The van der Waals surface area contributed by atoms with Crippen LogP contribution in [0.4, 0.5) is 0 Å². The van der Waals surface area contributed by atoms with Crippen LogP contribution in [0, 0.1) is 5.92 Å². The van der Waals surface area contributed by atoms with Gasteiger partial charge in [0.2, 0.25) is 0 Å². The minimum atomic E-state index is -0.728. The fourth-order valence-electron chi connectivity index (χ4n) is 2.82. The zero-order chi connectivity index (χ0) is 16.2. The Morgan fingerprint density at radius 3 is 2.26 bits per heavy atom. The number of Topliss-reactive ketones (excluding diaryl/α,β-unsaturated/α-hetero) is 1. The molecule has 0 radical (unpaired) electrons. The van der Waals surface area contributed by atoms with Crippen molar-refractivity contribution in [3.63, 3.8) is 0 Å². The Morgan fingerprint density at radius 1 is 1.00 bits per heavy atom. The average Bonchev–Trinajstić information content (AvgIpc) is 2.96. The minimum Gasteiger partial charge on any atom is -0.451 e. The van der Waals surface area contributed by atoms with Gasteiger partial charge in [-0.1, -0.05) is 42.5 Å². The summed E-state index contributed by atoms with van der Waals surface area (Å²) in [5.74, 6) is -1.07. The van der Waals surface area contributed by atoms with E-state index < -0.39 is 18.0 Å². The number of benzene rings is 2. The molecule has 3 rings (SSSR count). The van der Waals surface area contributed by atoms with E-state index in [4.69, 9.17) is 9.84 Å². The number of hydrogen-bond acceptors (Lipinski definition) is 4. The largest absolute Gasteiger partial charge is 0.451 e. The Bertz CT molecular complexity index is 691. The maximum Gasteiger partial charge on any atom is 0.338 e. The first-order valence-electron chi connectivity index (χ1n) is 7.70. The Labute approximate surface area is 134 Å². The van der Waals surface area contributed by atoms with Crippen LogP contribution in [0.3, 0.4) is 0 Å². The van der Waals surface area contributed by atoms with E-state index in [1.807, 2.05) is 42.5 Å². The predicted octanol–water partition coefficient (Wildman–Crippen LogP) is 2.85. The molecule has 0 bridgehead atoms. The lowest BCUT2D eigenvalue weighted by Crippen LogP contribution is -2.26. The van der Waals surface area contributed by atoms with Gasteiger partial charge in [0.05, 0.1) is 12.2 Å². The highest BCUT2D eigenvalue weighted by Crippen LogP contribution is 2.25. The van der Waals surface area contributed by atoms with E-state index in [-0.39, 0.29) is 12.4 Å². The number of carbonyl (C=O) groups excluding carboxylic acids is 2. The third-order valence-electron chi connectivity index (χ3n) is 4.19. The molecular formula is C19H18O4. The average molecular weight is 310 g/mol. The smallest absolute Gasteiger partial charge is 0.338 e. The van der Waals surface area contributed by atoms with Crippen molar-refractivity contribution in [1.82, 2.24) is 0 Å². The maximum atomic E-state index is 12.2. The van der Waals surface area contributed by atoms with E-state index >= 15 is 0 Å². The van der Waals surface area contributed by atoms with Gasteiger partial charge in [0.15, 0.2) is 11.9 Å².